The number of aromatic nitrogens is 1. The third kappa shape index (κ3) is 2.21. The smallest absolute Gasteiger partial charge is 0.244 e. The summed E-state index contributed by atoms with van der Waals surface area (Å²) in [5.41, 5.74) is 0. The Morgan fingerprint density at radius 3 is 2.21 bits per heavy atom. The predicted molar refractivity (Wildman–Crippen MR) is 84.0 cm³/mol. The van der Waals surface area contributed by atoms with E-state index in [0.29, 0.717) is 12.8 Å². The van der Waals surface area contributed by atoms with E-state index in [4.69, 9.17) is 0 Å². The minimum atomic E-state index is -3.62. The van der Waals surface area contributed by atoms with Crippen LogP contribution in [0, 0.1) is 11.8 Å². The standard InChI is InChI=1S/C16H17N3O4S/c20-15-13-5-1-2-6-14(13)16(21)19(15)11-9-18(10-11)24(22,23)12-4-3-7-17-8-12/h1-4,7-8,11,13-14H,5-6,9-10H2/t13-,14+. The van der Waals surface area contributed by atoms with Crippen molar-refractivity contribution in [3.8, 4) is 0 Å². The normalized spacial score (nSPS) is 28.1. The van der Waals surface area contributed by atoms with E-state index in [-0.39, 0.29) is 47.7 Å². The van der Waals surface area contributed by atoms with Crippen LogP contribution >= 0.6 is 0 Å². The number of pyridine rings is 1. The minimum Gasteiger partial charge on any atom is -0.276 e. The average molecular weight is 347 g/mol. The van der Waals surface area contributed by atoms with Gasteiger partial charge in [-0.2, -0.15) is 4.31 Å². The van der Waals surface area contributed by atoms with Gasteiger partial charge < -0.3 is 0 Å². The summed E-state index contributed by atoms with van der Waals surface area (Å²) in [7, 11) is -3.62. The molecule has 0 saturated carbocycles. The number of likely N-dealkylation sites (tertiary alicyclic amines) is 1. The van der Waals surface area contributed by atoms with E-state index in [0.717, 1.165) is 0 Å². The molecule has 2 saturated heterocycles. The molecule has 0 radical (unpaired) electrons. The highest BCUT2D eigenvalue weighted by Gasteiger charge is 2.53. The van der Waals surface area contributed by atoms with Gasteiger partial charge in [-0.05, 0) is 25.0 Å². The van der Waals surface area contributed by atoms with E-state index < -0.39 is 10.0 Å². The number of amides is 2. The van der Waals surface area contributed by atoms with Crippen LogP contribution in [0.4, 0.5) is 0 Å². The monoisotopic (exact) mass is 347 g/mol. The van der Waals surface area contributed by atoms with Gasteiger partial charge in [-0.3, -0.25) is 19.5 Å². The summed E-state index contributed by atoms with van der Waals surface area (Å²) in [5, 5.41) is 0. The fourth-order valence-electron chi connectivity index (χ4n) is 3.61. The summed E-state index contributed by atoms with van der Waals surface area (Å²) in [4.78, 5) is 30.3. The lowest BCUT2D eigenvalue weighted by Crippen LogP contribution is -2.62. The van der Waals surface area contributed by atoms with E-state index in [1.165, 1.54) is 27.7 Å². The number of carbonyl (C=O) groups excluding carboxylic acids is 2. The number of fused-ring (bicyclic) bond motifs is 1. The van der Waals surface area contributed by atoms with Crippen molar-refractivity contribution in [2.24, 2.45) is 11.8 Å². The number of carbonyl (C=O) groups is 2. The van der Waals surface area contributed by atoms with E-state index in [2.05, 4.69) is 4.98 Å². The zero-order valence-electron chi connectivity index (χ0n) is 12.9. The number of rotatable bonds is 3. The summed E-state index contributed by atoms with van der Waals surface area (Å²) in [6.07, 6.45) is 7.88. The van der Waals surface area contributed by atoms with Crippen LogP contribution in [0.15, 0.2) is 41.6 Å². The van der Waals surface area contributed by atoms with Gasteiger partial charge in [-0.15, -0.1) is 0 Å². The van der Waals surface area contributed by atoms with Gasteiger partial charge in [0.25, 0.3) is 0 Å². The molecule has 0 unspecified atom stereocenters. The molecule has 2 fully saturated rings. The van der Waals surface area contributed by atoms with E-state index in [9.17, 15) is 18.0 Å². The average Bonchev–Trinajstić information content (AvgIpc) is 2.80. The number of hydrogen-bond donors (Lipinski definition) is 0. The van der Waals surface area contributed by atoms with Gasteiger partial charge in [0.2, 0.25) is 21.8 Å². The van der Waals surface area contributed by atoms with Crippen LogP contribution in [0.2, 0.25) is 0 Å². The zero-order chi connectivity index (χ0) is 16.9. The van der Waals surface area contributed by atoms with E-state index in [1.54, 1.807) is 6.07 Å². The SMILES string of the molecule is O=C1[C@H]2CC=CC[C@H]2C(=O)N1C1CN(S(=O)(=O)c2cccnc2)C1. The van der Waals surface area contributed by atoms with Crippen LogP contribution in [-0.4, -0.2) is 53.6 Å². The maximum absolute atomic E-state index is 12.5. The molecule has 1 aliphatic carbocycles. The first-order valence-corrected chi connectivity index (χ1v) is 9.36. The predicted octanol–water partition coefficient (Wildman–Crippen LogP) is 0.406. The van der Waals surface area contributed by atoms with Gasteiger partial charge in [0, 0.05) is 25.5 Å². The Bertz CT molecular complexity index is 789. The summed E-state index contributed by atoms with van der Waals surface area (Å²) < 4.78 is 26.2. The molecule has 3 aliphatic rings. The largest absolute Gasteiger partial charge is 0.276 e. The van der Waals surface area contributed by atoms with Gasteiger partial charge in [0.15, 0.2) is 0 Å². The van der Waals surface area contributed by atoms with Crippen molar-refractivity contribution in [2.45, 2.75) is 23.8 Å². The molecule has 0 bridgehead atoms. The summed E-state index contributed by atoms with van der Waals surface area (Å²) in [5.74, 6) is -0.853. The molecular formula is C16H17N3O4S. The maximum atomic E-state index is 12.5. The molecule has 2 amide bonds. The van der Waals surface area contributed by atoms with Crippen molar-refractivity contribution in [1.29, 1.82) is 0 Å². The molecule has 0 aromatic carbocycles. The third-order valence-electron chi connectivity index (χ3n) is 5.01. The number of sulfonamides is 1. The zero-order valence-corrected chi connectivity index (χ0v) is 13.7. The molecule has 126 valence electrons. The molecule has 1 aromatic heterocycles. The van der Waals surface area contributed by atoms with Gasteiger partial charge in [-0.25, -0.2) is 8.42 Å². The maximum Gasteiger partial charge on any atom is 0.244 e. The second-order valence-electron chi connectivity index (χ2n) is 6.37. The Morgan fingerprint density at radius 1 is 1.04 bits per heavy atom. The molecule has 24 heavy (non-hydrogen) atoms. The van der Waals surface area contributed by atoms with Crippen molar-refractivity contribution in [1.82, 2.24) is 14.2 Å². The van der Waals surface area contributed by atoms with Crippen LogP contribution in [0.5, 0.6) is 0 Å². The van der Waals surface area contributed by atoms with Crippen LogP contribution < -0.4 is 0 Å². The van der Waals surface area contributed by atoms with Crippen molar-refractivity contribution in [2.75, 3.05) is 13.1 Å². The molecule has 7 nitrogen and oxygen atoms in total. The lowest BCUT2D eigenvalue weighted by Gasteiger charge is -2.42. The number of nitrogens with zero attached hydrogens (tertiary/aromatic N) is 3. The molecule has 8 heteroatoms. The minimum absolute atomic E-state index is 0.125. The van der Waals surface area contributed by atoms with Crippen LogP contribution in [0.3, 0.4) is 0 Å². The Hall–Kier alpha value is -2.06. The van der Waals surface area contributed by atoms with Crippen molar-refractivity contribution < 1.29 is 18.0 Å². The Balaban J connectivity index is 1.48. The van der Waals surface area contributed by atoms with Crippen molar-refractivity contribution in [3.05, 3.63) is 36.7 Å². The highest BCUT2D eigenvalue weighted by molar-refractivity contribution is 7.89. The molecule has 0 spiro atoms. The summed E-state index contributed by atoms with van der Waals surface area (Å²) in [6.45, 7) is 0.309. The topological polar surface area (TPSA) is 87.7 Å². The quantitative estimate of drug-likeness (QED) is 0.584. The fraction of sp³-hybridized carbons (Fsp3) is 0.438. The lowest BCUT2D eigenvalue weighted by molar-refractivity contribution is -0.145. The van der Waals surface area contributed by atoms with E-state index in [1.807, 2.05) is 12.2 Å². The van der Waals surface area contributed by atoms with Crippen LogP contribution in [-0.2, 0) is 19.6 Å². The van der Waals surface area contributed by atoms with E-state index >= 15 is 0 Å². The molecule has 1 aromatic rings. The Kier molecular flexibility index (Phi) is 3.54. The highest BCUT2D eigenvalue weighted by atomic mass is 32.2. The molecule has 4 rings (SSSR count). The Morgan fingerprint density at radius 2 is 1.67 bits per heavy atom. The number of allylic oxidation sites excluding steroid dienone is 2. The second-order valence-corrected chi connectivity index (χ2v) is 8.30. The second kappa shape index (κ2) is 5.49. The number of hydrogen-bond acceptors (Lipinski definition) is 5. The first-order chi connectivity index (χ1) is 11.5. The Labute approximate surface area is 140 Å². The third-order valence-corrected chi connectivity index (χ3v) is 6.82. The lowest BCUT2D eigenvalue weighted by atomic mass is 9.85. The molecule has 0 N–H and O–H groups in total. The summed E-state index contributed by atoms with van der Waals surface area (Å²) in [6, 6.07) is 2.69. The fourth-order valence-corrected chi connectivity index (χ4v) is 5.09. The number of imide groups is 1. The van der Waals surface area contributed by atoms with Gasteiger partial charge in [-0.1, -0.05) is 12.2 Å². The van der Waals surface area contributed by atoms with Gasteiger partial charge in [0.05, 0.1) is 17.9 Å². The van der Waals surface area contributed by atoms with Crippen LogP contribution in [0.25, 0.3) is 0 Å². The van der Waals surface area contributed by atoms with Crippen molar-refractivity contribution >= 4 is 21.8 Å². The first kappa shape index (κ1) is 15.5. The molecular weight excluding hydrogens is 330 g/mol. The van der Waals surface area contributed by atoms with Crippen molar-refractivity contribution in [3.63, 3.8) is 0 Å². The highest BCUT2D eigenvalue weighted by Crippen LogP contribution is 2.38. The molecule has 2 atom stereocenters. The first-order valence-electron chi connectivity index (χ1n) is 7.92. The van der Waals surface area contributed by atoms with Gasteiger partial charge in [0.1, 0.15) is 4.90 Å². The van der Waals surface area contributed by atoms with Gasteiger partial charge >= 0.3 is 0 Å². The molecule has 3 heterocycles. The summed E-state index contributed by atoms with van der Waals surface area (Å²) >= 11 is 0. The van der Waals surface area contributed by atoms with Crippen LogP contribution in [0.1, 0.15) is 12.8 Å². The molecule has 2 aliphatic heterocycles.